The molecule has 0 bridgehead atoms. The molecule has 0 aliphatic heterocycles. The van der Waals surface area contributed by atoms with Crippen molar-refractivity contribution in [1.82, 2.24) is 10.2 Å². The van der Waals surface area contributed by atoms with E-state index in [2.05, 4.69) is 58.8 Å². The van der Waals surface area contributed by atoms with Crippen LogP contribution in [0, 0.1) is 5.41 Å². The maximum absolute atomic E-state index is 3.54. The molecule has 0 heterocycles. The van der Waals surface area contributed by atoms with Crippen LogP contribution in [-0.4, -0.2) is 37.1 Å². The normalized spacial score (nSPS) is 13.3. The van der Waals surface area contributed by atoms with E-state index in [1.807, 2.05) is 0 Å². The minimum atomic E-state index is 0.271. The lowest BCUT2D eigenvalue weighted by Crippen LogP contribution is -2.36. The summed E-state index contributed by atoms with van der Waals surface area (Å²) in [4.78, 5) is 2.47. The minimum absolute atomic E-state index is 0.271. The van der Waals surface area contributed by atoms with Crippen LogP contribution < -0.4 is 5.32 Å². The Morgan fingerprint density at radius 2 is 1.39 bits per heavy atom. The molecule has 0 amide bonds. The van der Waals surface area contributed by atoms with E-state index < -0.39 is 0 Å². The number of hydrogen-bond acceptors (Lipinski definition) is 2. The van der Waals surface area contributed by atoms with E-state index in [0.717, 1.165) is 6.54 Å². The van der Waals surface area contributed by atoms with E-state index in [1.54, 1.807) is 0 Å². The van der Waals surface area contributed by atoms with Crippen molar-refractivity contribution in [3.05, 3.63) is 0 Å². The summed E-state index contributed by atoms with van der Waals surface area (Å²) in [5.41, 5.74) is 0.693. The highest BCUT2D eigenvalue weighted by molar-refractivity contribution is 4.70. The van der Waals surface area contributed by atoms with Crippen molar-refractivity contribution in [1.29, 1.82) is 0 Å². The first-order valence-corrected chi connectivity index (χ1v) is 7.54. The Bertz CT molecular complexity index is 198. The molecule has 110 valence electrons. The van der Waals surface area contributed by atoms with Crippen molar-refractivity contribution in [2.24, 2.45) is 5.41 Å². The van der Waals surface area contributed by atoms with Crippen LogP contribution in [0.4, 0.5) is 0 Å². The predicted octanol–water partition coefficient (Wildman–Crippen LogP) is 3.91. The Labute approximate surface area is 116 Å². The maximum Gasteiger partial charge on any atom is 0.00965 e. The molecule has 1 N–H and O–H groups in total. The monoisotopic (exact) mass is 256 g/mol. The molecule has 0 radical (unpaired) electrons. The van der Waals surface area contributed by atoms with Crippen LogP contribution in [0.2, 0.25) is 0 Å². The number of nitrogens with one attached hydrogen (secondary N) is 1. The smallest absolute Gasteiger partial charge is 0.00965 e. The van der Waals surface area contributed by atoms with Gasteiger partial charge in [0.15, 0.2) is 0 Å². The molecule has 2 heteroatoms. The zero-order valence-electron chi connectivity index (χ0n) is 13.9. The second kappa shape index (κ2) is 8.16. The highest BCUT2D eigenvalue weighted by Gasteiger charge is 2.12. The predicted molar refractivity (Wildman–Crippen MR) is 83.2 cm³/mol. The minimum Gasteiger partial charge on any atom is -0.312 e. The van der Waals surface area contributed by atoms with Crippen molar-refractivity contribution in [2.45, 2.75) is 72.8 Å². The molecule has 0 saturated heterocycles. The second-order valence-corrected chi connectivity index (χ2v) is 7.89. The molecular weight excluding hydrogens is 220 g/mol. The Balaban J connectivity index is 3.36. The first-order chi connectivity index (χ1) is 8.10. The lowest BCUT2D eigenvalue weighted by atomic mass is 9.96. The average Bonchev–Trinajstić information content (AvgIpc) is 2.11. The summed E-state index contributed by atoms with van der Waals surface area (Å²) >= 11 is 0. The van der Waals surface area contributed by atoms with Crippen LogP contribution in [0.15, 0.2) is 0 Å². The van der Waals surface area contributed by atoms with E-state index in [9.17, 15) is 0 Å². The molecule has 2 nitrogen and oxygen atoms in total. The Hall–Kier alpha value is -0.0800. The van der Waals surface area contributed by atoms with Gasteiger partial charge in [0, 0.05) is 12.1 Å². The summed E-state index contributed by atoms with van der Waals surface area (Å²) in [6.45, 7) is 17.2. The second-order valence-electron chi connectivity index (χ2n) is 7.89. The van der Waals surface area contributed by atoms with Gasteiger partial charge in [-0.25, -0.2) is 0 Å². The third-order valence-electron chi connectivity index (χ3n) is 2.87. The summed E-state index contributed by atoms with van der Waals surface area (Å²) in [5, 5.41) is 3.54. The van der Waals surface area contributed by atoms with E-state index in [0.29, 0.717) is 5.41 Å². The van der Waals surface area contributed by atoms with E-state index in [1.165, 1.54) is 38.8 Å². The van der Waals surface area contributed by atoms with Crippen LogP contribution in [0.3, 0.4) is 0 Å². The van der Waals surface area contributed by atoms with Crippen LogP contribution in [0.25, 0.3) is 0 Å². The SMILES string of the molecule is CN(CCCCCCNC(C)(C)C)CC(C)(C)C. The van der Waals surface area contributed by atoms with Gasteiger partial charge in [0.05, 0.1) is 0 Å². The maximum atomic E-state index is 3.54. The highest BCUT2D eigenvalue weighted by Crippen LogP contribution is 2.14. The van der Waals surface area contributed by atoms with E-state index in [-0.39, 0.29) is 5.54 Å². The third-order valence-corrected chi connectivity index (χ3v) is 2.87. The fourth-order valence-corrected chi connectivity index (χ4v) is 2.21. The van der Waals surface area contributed by atoms with Crippen molar-refractivity contribution in [2.75, 3.05) is 26.7 Å². The Morgan fingerprint density at radius 1 is 0.833 bits per heavy atom. The van der Waals surface area contributed by atoms with E-state index >= 15 is 0 Å². The molecule has 0 spiro atoms. The molecule has 0 fully saturated rings. The Morgan fingerprint density at radius 3 is 1.89 bits per heavy atom. The van der Waals surface area contributed by atoms with Crippen molar-refractivity contribution >= 4 is 0 Å². The first kappa shape index (κ1) is 17.9. The molecule has 0 atom stereocenters. The van der Waals surface area contributed by atoms with Gasteiger partial charge in [-0.2, -0.15) is 0 Å². The summed E-state index contributed by atoms with van der Waals surface area (Å²) in [5.74, 6) is 0. The van der Waals surface area contributed by atoms with Gasteiger partial charge in [-0.3, -0.25) is 0 Å². The molecule has 18 heavy (non-hydrogen) atoms. The molecule has 0 saturated carbocycles. The van der Waals surface area contributed by atoms with Gasteiger partial charge in [0.1, 0.15) is 0 Å². The molecular formula is C16H36N2. The summed E-state index contributed by atoms with van der Waals surface area (Å²) in [7, 11) is 2.24. The third kappa shape index (κ3) is 14.0. The van der Waals surface area contributed by atoms with Crippen LogP contribution in [-0.2, 0) is 0 Å². The topological polar surface area (TPSA) is 15.3 Å². The summed E-state index contributed by atoms with van der Waals surface area (Å²) < 4.78 is 0. The van der Waals surface area contributed by atoms with Gasteiger partial charge in [0.2, 0.25) is 0 Å². The van der Waals surface area contributed by atoms with Crippen molar-refractivity contribution < 1.29 is 0 Å². The van der Waals surface area contributed by atoms with Crippen LogP contribution in [0.5, 0.6) is 0 Å². The van der Waals surface area contributed by atoms with Gasteiger partial charge < -0.3 is 10.2 Å². The molecule has 0 aliphatic rings. The number of rotatable bonds is 8. The zero-order valence-corrected chi connectivity index (χ0v) is 13.9. The summed E-state index contributed by atoms with van der Waals surface area (Å²) in [6.07, 6.45) is 5.36. The summed E-state index contributed by atoms with van der Waals surface area (Å²) in [6, 6.07) is 0. The molecule has 0 aromatic rings. The van der Waals surface area contributed by atoms with Gasteiger partial charge in [-0.05, 0) is 59.2 Å². The zero-order chi connectivity index (χ0) is 14.2. The largest absolute Gasteiger partial charge is 0.312 e. The van der Waals surface area contributed by atoms with E-state index in [4.69, 9.17) is 0 Å². The van der Waals surface area contributed by atoms with Gasteiger partial charge in [-0.15, -0.1) is 0 Å². The quantitative estimate of drug-likeness (QED) is 0.662. The Kier molecular flexibility index (Phi) is 8.13. The highest BCUT2D eigenvalue weighted by atomic mass is 15.1. The molecule has 0 aliphatic carbocycles. The van der Waals surface area contributed by atoms with Gasteiger partial charge >= 0.3 is 0 Å². The fourth-order valence-electron chi connectivity index (χ4n) is 2.21. The fraction of sp³-hybridized carbons (Fsp3) is 1.00. The lowest BCUT2D eigenvalue weighted by molar-refractivity contribution is 0.223. The molecule has 0 aromatic carbocycles. The molecule has 0 aromatic heterocycles. The van der Waals surface area contributed by atoms with Gasteiger partial charge in [-0.1, -0.05) is 33.6 Å². The standard InChI is InChI=1S/C16H36N2/c1-15(2,3)14-18(7)13-11-9-8-10-12-17-16(4,5)6/h17H,8-14H2,1-7H3. The van der Waals surface area contributed by atoms with Crippen molar-refractivity contribution in [3.8, 4) is 0 Å². The van der Waals surface area contributed by atoms with Crippen molar-refractivity contribution in [3.63, 3.8) is 0 Å². The number of unbranched alkanes of at least 4 members (excludes halogenated alkanes) is 3. The van der Waals surface area contributed by atoms with Gasteiger partial charge in [0.25, 0.3) is 0 Å². The lowest BCUT2D eigenvalue weighted by Gasteiger charge is -2.26. The average molecular weight is 256 g/mol. The van der Waals surface area contributed by atoms with Crippen LogP contribution in [0.1, 0.15) is 67.2 Å². The first-order valence-electron chi connectivity index (χ1n) is 7.54. The number of nitrogens with zero attached hydrogens (tertiary/aromatic N) is 1. The molecule has 0 unspecified atom stereocenters. The molecule has 0 rings (SSSR count). The van der Waals surface area contributed by atoms with Crippen LogP contribution >= 0.6 is 0 Å². The number of hydrogen-bond donors (Lipinski definition) is 1.